The molecule has 1 nitrogen and oxygen atoms in total. The smallest absolute Gasteiger partial charge is 0.252 e. The molecule has 0 aliphatic heterocycles. The molecule has 0 rings (SSSR count). The fraction of sp³-hybridized carbons (Fsp3) is 1.00. The van der Waals surface area contributed by atoms with Crippen molar-refractivity contribution in [3.05, 3.63) is 0 Å². The van der Waals surface area contributed by atoms with Gasteiger partial charge in [0.25, 0.3) is 5.92 Å². The first-order chi connectivity index (χ1) is 8.02. The lowest BCUT2D eigenvalue weighted by Crippen LogP contribution is -2.33. The molecule has 0 N–H and O–H groups in total. The Morgan fingerprint density at radius 2 is 1.39 bits per heavy atom. The number of unbranched alkanes of at least 4 members (excludes halogenated alkanes) is 1. The monoisotopic (exact) mass is 264 g/mol. The van der Waals surface area contributed by atoms with Crippen molar-refractivity contribution in [1.82, 2.24) is 0 Å². The third-order valence-corrected chi connectivity index (χ3v) is 3.39. The van der Waals surface area contributed by atoms with Gasteiger partial charge in [0.05, 0.1) is 6.61 Å². The summed E-state index contributed by atoms with van der Waals surface area (Å²) < 4.78 is 32.9. The standard InChI is InChI=1S/C15H30F2O/c1-7-18-12-14(5,6)10-8-9-11-15(16,17)13(2,3)4/h7-12H2,1-6H3. The van der Waals surface area contributed by atoms with E-state index in [-0.39, 0.29) is 11.8 Å². The minimum atomic E-state index is -2.57. The molecule has 0 heterocycles. The molecule has 0 unspecified atom stereocenters. The van der Waals surface area contributed by atoms with E-state index in [9.17, 15) is 8.78 Å². The van der Waals surface area contributed by atoms with Gasteiger partial charge < -0.3 is 4.74 Å². The largest absolute Gasteiger partial charge is 0.381 e. The van der Waals surface area contributed by atoms with Crippen LogP contribution in [0, 0.1) is 10.8 Å². The predicted octanol–water partition coefficient (Wildman–Crippen LogP) is 5.29. The normalized spacial score (nSPS) is 14.0. The van der Waals surface area contributed by atoms with Crippen molar-refractivity contribution in [3.63, 3.8) is 0 Å². The summed E-state index contributed by atoms with van der Waals surface area (Å²) in [6, 6.07) is 0. The third-order valence-electron chi connectivity index (χ3n) is 3.39. The van der Waals surface area contributed by atoms with Crippen LogP contribution >= 0.6 is 0 Å². The van der Waals surface area contributed by atoms with Crippen LogP contribution in [0.2, 0.25) is 0 Å². The number of hydrogen-bond acceptors (Lipinski definition) is 1. The number of ether oxygens (including phenoxy) is 1. The zero-order valence-electron chi connectivity index (χ0n) is 12.9. The number of halogens is 2. The van der Waals surface area contributed by atoms with Crippen molar-refractivity contribution in [2.75, 3.05) is 13.2 Å². The van der Waals surface area contributed by atoms with Crippen LogP contribution in [0.15, 0.2) is 0 Å². The zero-order valence-corrected chi connectivity index (χ0v) is 12.9. The molecular weight excluding hydrogens is 234 g/mol. The summed E-state index contributed by atoms with van der Waals surface area (Å²) in [4.78, 5) is 0. The van der Waals surface area contributed by atoms with E-state index in [0.29, 0.717) is 19.6 Å². The first-order valence-electron chi connectivity index (χ1n) is 6.97. The third kappa shape index (κ3) is 6.67. The summed E-state index contributed by atoms with van der Waals surface area (Å²) in [5, 5.41) is 0. The summed E-state index contributed by atoms with van der Waals surface area (Å²) >= 11 is 0. The van der Waals surface area contributed by atoms with Gasteiger partial charge in [0.15, 0.2) is 0 Å². The molecule has 0 fully saturated rings. The maximum Gasteiger partial charge on any atom is 0.252 e. The summed E-state index contributed by atoms with van der Waals surface area (Å²) in [7, 11) is 0. The van der Waals surface area contributed by atoms with Gasteiger partial charge in [-0.05, 0) is 25.2 Å². The SMILES string of the molecule is CCOCC(C)(C)CCCCC(F)(F)C(C)(C)C. The average Bonchev–Trinajstić information content (AvgIpc) is 2.20. The molecule has 0 amide bonds. The van der Waals surface area contributed by atoms with Crippen molar-refractivity contribution in [1.29, 1.82) is 0 Å². The van der Waals surface area contributed by atoms with Crippen molar-refractivity contribution < 1.29 is 13.5 Å². The highest BCUT2D eigenvalue weighted by Gasteiger charge is 2.41. The van der Waals surface area contributed by atoms with E-state index in [4.69, 9.17) is 4.74 Å². The Kier molecular flexibility index (Phi) is 6.77. The Labute approximate surface area is 111 Å². The highest BCUT2D eigenvalue weighted by atomic mass is 19.3. The molecule has 18 heavy (non-hydrogen) atoms. The van der Waals surface area contributed by atoms with Gasteiger partial charge in [-0.2, -0.15) is 0 Å². The first kappa shape index (κ1) is 17.8. The van der Waals surface area contributed by atoms with E-state index in [1.165, 1.54) is 0 Å². The Bertz CT molecular complexity index is 229. The molecule has 0 atom stereocenters. The van der Waals surface area contributed by atoms with Crippen LogP contribution in [0.5, 0.6) is 0 Å². The molecule has 0 aromatic carbocycles. The van der Waals surface area contributed by atoms with Crippen molar-refractivity contribution in [2.45, 2.75) is 73.1 Å². The van der Waals surface area contributed by atoms with Crippen LogP contribution in [0.25, 0.3) is 0 Å². The summed E-state index contributed by atoms with van der Waals surface area (Å²) in [5.74, 6) is -2.57. The van der Waals surface area contributed by atoms with E-state index in [1.54, 1.807) is 20.8 Å². The second-order valence-electron chi connectivity index (χ2n) is 6.96. The Morgan fingerprint density at radius 1 is 0.889 bits per heavy atom. The average molecular weight is 264 g/mol. The molecule has 0 spiro atoms. The molecular formula is C15H30F2O. The molecule has 0 radical (unpaired) electrons. The highest BCUT2D eigenvalue weighted by Crippen LogP contribution is 2.40. The second kappa shape index (κ2) is 6.83. The topological polar surface area (TPSA) is 9.23 Å². The predicted molar refractivity (Wildman–Crippen MR) is 73.1 cm³/mol. The molecule has 0 bridgehead atoms. The quantitative estimate of drug-likeness (QED) is 0.541. The lowest BCUT2D eigenvalue weighted by atomic mass is 9.83. The summed E-state index contributed by atoms with van der Waals surface area (Å²) in [6.07, 6.45) is 2.35. The fourth-order valence-corrected chi connectivity index (χ4v) is 1.78. The number of hydrogen-bond donors (Lipinski definition) is 0. The van der Waals surface area contributed by atoms with Crippen molar-refractivity contribution >= 4 is 0 Å². The first-order valence-corrected chi connectivity index (χ1v) is 6.97. The van der Waals surface area contributed by atoms with Gasteiger partial charge in [0.2, 0.25) is 0 Å². The van der Waals surface area contributed by atoms with Crippen LogP contribution in [-0.2, 0) is 4.74 Å². The van der Waals surface area contributed by atoms with E-state index in [0.717, 1.165) is 12.8 Å². The summed E-state index contributed by atoms with van der Waals surface area (Å²) in [6.45, 7) is 12.5. The highest BCUT2D eigenvalue weighted by molar-refractivity contribution is 4.81. The van der Waals surface area contributed by atoms with Gasteiger partial charge in [-0.1, -0.05) is 41.0 Å². The molecule has 110 valence electrons. The number of rotatable bonds is 8. The molecule has 0 aromatic rings. The lowest BCUT2D eigenvalue weighted by molar-refractivity contribution is -0.104. The molecule has 0 aromatic heterocycles. The molecule has 0 saturated carbocycles. The molecule has 0 aliphatic carbocycles. The zero-order chi connectivity index (χ0) is 14.4. The van der Waals surface area contributed by atoms with E-state index in [2.05, 4.69) is 13.8 Å². The lowest BCUT2D eigenvalue weighted by Gasteiger charge is -2.31. The van der Waals surface area contributed by atoms with Crippen LogP contribution < -0.4 is 0 Å². The van der Waals surface area contributed by atoms with Gasteiger partial charge in [-0.25, -0.2) is 8.78 Å². The number of alkyl halides is 2. The van der Waals surface area contributed by atoms with Crippen LogP contribution in [0.4, 0.5) is 8.78 Å². The van der Waals surface area contributed by atoms with Gasteiger partial charge in [0.1, 0.15) is 0 Å². The van der Waals surface area contributed by atoms with Gasteiger partial charge in [-0.15, -0.1) is 0 Å². The Morgan fingerprint density at radius 3 is 1.83 bits per heavy atom. The van der Waals surface area contributed by atoms with Crippen molar-refractivity contribution in [3.8, 4) is 0 Å². The summed E-state index contributed by atoms with van der Waals surface area (Å²) in [5.41, 5.74) is -0.846. The minimum Gasteiger partial charge on any atom is -0.381 e. The van der Waals surface area contributed by atoms with E-state index in [1.807, 2.05) is 6.92 Å². The molecule has 3 heteroatoms. The second-order valence-corrected chi connectivity index (χ2v) is 6.96. The van der Waals surface area contributed by atoms with Crippen LogP contribution in [0.3, 0.4) is 0 Å². The molecule has 0 saturated heterocycles. The Balaban J connectivity index is 3.93. The van der Waals surface area contributed by atoms with Gasteiger partial charge >= 0.3 is 0 Å². The molecule has 0 aliphatic rings. The Hall–Kier alpha value is -0.180. The van der Waals surface area contributed by atoms with Crippen molar-refractivity contribution in [2.24, 2.45) is 10.8 Å². The van der Waals surface area contributed by atoms with Crippen LogP contribution in [-0.4, -0.2) is 19.1 Å². The minimum absolute atomic E-state index is 0.0127. The van der Waals surface area contributed by atoms with E-state index >= 15 is 0 Å². The maximum absolute atomic E-state index is 13.7. The maximum atomic E-state index is 13.7. The van der Waals surface area contributed by atoms with E-state index < -0.39 is 11.3 Å². The van der Waals surface area contributed by atoms with Crippen LogP contribution in [0.1, 0.15) is 67.2 Å². The fourth-order valence-electron chi connectivity index (χ4n) is 1.78. The van der Waals surface area contributed by atoms with Gasteiger partial charge in [0, 0.05) is 18.4 Å². The van der Waals surface area contributed by atoms with Gasteiger partial charge in [-0.3, -0.25) is 0 Å².